The maximum absolute atomic E-state index is 11.2. The first-order valence-electron chi connectivity index (χ1n) is 3.49. The molecule has 0 saturated heterocycles. The minimum atomic E-state index is -0.169. The number of thioether (sulfide) groups is 1. The lowest BCUT2D eigenvalue weighted by molar-refractivity contribution is -0.107. The van der Waals surface area contributed by atoms with Gasteiger partial charge < -0.3 is 0 Å². The lowest BCUT2D eigenvalue weighted by Crippen LogP contribution is -1.97. The summed E-state index contributed by atoms with van der Waals surface area (Å²) in [5.74, 6) is 0.553. The van der Waals surface area contributed by atoms with Gasteiger partial charge in [-0.3, -0.25) is 4.79 Å². The Morgan fingerprint density at radius 1 is 1.67 bits per heavy atom. The molecule has 0 fully saturated rings. The van der Waals surface area contributed by atoms with Crippen LogP contribution in [0.5, 0.6) is 0 Å². The number of nitrogens with zero attached hydrogens (tertiary/aromatic N) is 1. The van der Waals surface area contributed by atoms with E-state index < -0.39 is 0 Å². The molecule has 64 valence electrons. The Morgan fingerprint density at radius 3 is 2.58 bits per heavy atom. The molecule has 0 rings (SSSR count). The fourth-order valence-corrected chi connectivity index (χ4v) is 1.23. The van der Waals surface area contributed by atoms with E-state index in [4.69, 9.17) is 5.26 Å². The highest BCUT2D eigenvalue weighted by Crippen LogP contribution is 2.13. The molecule has 0 aromatic carbocycles. The van der Waals surface area contributed by atoms with Crippen LogP contribution >= 0.6 is 11.8 Å². The van der Waals surface area contributed by atoms with Crippen LogP contribution in [0.4, 0.5) is 0 Å². The lowest BCUT2D eigenvalue weighted by atomic mass is 10.2. The summed E-state index contributed by atoms with van der Waals surface area (Å²) in [7, 11) is 0. The van der Waals surface area contributed by atoms with Crippen LogP contribution in [-0.4, -0.2) is 10.9 Å². The lowest BCUT2D eigenvalue weighted by Gasteiger charge is -1.97. The highest BCUT2D eigenvalue weighted by Gasteiger charge is 2.09. The molecule has 0 saturated carbocycles. The van der Waals surface area contributed by atoms with Crippen molar-refractivity contribution in [3.8, 4) is 6.07 Å². The standard InChI is InChI=1S/C9H11NOS/c1-4-5-12-9(11)8(6-10)7(2)3/h4H,1,5H2,2-3H3. The van der Waals surface area contributed by atoms with Gasteiger partial charge in [0.15, 0.2) is 0 Å². The van der Waals surface area contributed by atoms with E-state index in [0.717, 1.165) is 17.3 Å². The van der Waals surface area contributed by atoms with E-state index in [9.17, 15) is 4.79 Å². The Labute approximate surface area is 77.0 Å². The maximum Gasteiger partial charge on any atom is 0.230 e. The number of hydrogen-bond donors (Lipinski definition) is 0. The SMILES string of the molecule is C=CCSC(=O)C(C#N)=C(C)C. The van der Waals surface area contributed by atoms with Gasteiger partial charge in [-0.25, -0.2) is 0 Å². The molecule has 0 spiro atoms. The van der Waals surface area contributed by atoms with Crippen molar-refractivity contribution in [2.75, 3.05) is 5.75 Å². The summed E-state index contributed by atoms with van der Waals surface area (Å²) in [5, 5.41) is 8.43. The predicted octanol–water partition coefficient (Wildman–Crippen LogP) is 2.29. The quantitative estimate of drug-likeness (QED) is 0.381. The number of allylic oxidation sites excluding steroid dienone is 1. The molecule has 0 unspecified atom stereocenters. The van der Waals surface area contributed by atoms with Crippen LogP contribution in [0.25, 0.3) is 0 Å². The van der Waals surface area contributed by atoms with Crippen molar-refractivity contribution in [2.24, 2.45) is 0 Å². The number of nitriles is 1. The fourth-order valence-electron chi connectivity index (χ4n) is 0.568. The van der Waals surface area contributed by atoms with Gasteiger partial charge in [-0.05, 0) is 13.8 Å². The third-order valence-electron chi connectivity index (χ3n) is 1.15. The number of carbonyl (C=O) groups is 1. The van der Waals surface area contributed by atoms with Crippen molar-refractivity contribution in [3.05, 3.63) is 23.8 Å². The first-order chi connectivity index (χ1) is 5.63. The summed E-state index contributed by atoms with van der Waals surface area (Å²) in [6.07, 6.45) is 1.64. The summed E-state index contributed by atoms with van der Waals surface area (Å²) in [6, 6.07) is 1.89. The first kappa shape index (κ1) is 11.0. The zero-order valence-electron chi connectivity index (χ0n) is 7.26. The Hall–Kier alpha value is -1.01. The van der Waals surface area contributed by atoms with Crippen molar-refractivity contribution >= 4 is 16.9 Å². The third-order valence-corrected chi connectivity index (χ3v) is 2.02. The van der Waals surface area contributed by atoms with Gasteiger partial charge in [0.2, 0.25) is 5.12 Å². The average molecular weight is 181 g/mol. The van der Waals surface area contributed by atoms with E-state index in [1.54, 1.807) is 19.9 Å². The monoisotopic (exact) mass is 181 g/mol. The molecule has 0 radical (unpaired) electrons. The van der Waals surface area contributed by atoms with Crippen molar-refractivity contribution in [2.45, 2.75) is 13.8 Å². The molecule has 0 N–H and O–H groups in total. The van der Waals surface area contributed by atoms with Gasteiger partial charge in [0.05, 0.1) is 0 Å². The van der Waals surface area contributed by atoms with Gasteiger partial charge in [0.1, 0.15) is 11.6 Å². The molecule has 3 heteroatoms. The van der Waals surface area contributed by atoms with Crippen LogP contribution in [0.2, 0.25) is 0 Å². The highest BCUT2D eigenvalue weighted by atomic mass is 32.2. The molecule has 0 heterocycles. The second-order valence-electron chi connectivity index (χ2n) is 2.37. The summed E-state index contributed by atoms with van der Waals surface area (Å²) >= 11 is 1.10. The van der Waals surface area contributed by atoms with Crippen LogP contribution in [-0.2, 0) is 4.79 Å². The molecule has 12 heavy (non-hydrogen) atoms. The zero-order chi connectivity index (χ0) is 9.56. The minimum Gasteiger partial charge on any atom is -0.281 e. The zero-order valence-corrected chi connectivity index (χ0v) is 8.07. The van der Waals surface area contributed by atoms with Gasteiger partial charge in [-0.2, -0.15) is 5.26 Å². The molecule has 2 nitrogen and oxygen atoms in total. The van der Waals surface area contributed by atoms with E-state index in [1.807, 2.05) is 6.07 Å². The third kappa shape index (κ3) is 3.40. The van der Waals surface area contributed by atoms with Crippen LogP contribution in [0.1, 0.15) is 13.8 Å². The highest BCUT2D eigenvalue weighted by molar-refractivity contribution is 8.14. The molecule has 0 atom stereocenters. The van der Waals surface area contributed by atoms with Crippen LogP contribution in [0.15, 0.2) is 23.8 Å². The molecule has 0 aromatic heterocycles. The topological polar surface area (TPSA) is 40.9 Å². The first-order valence-corrected chi connectivity index (χ1v) is 4.47. The van der Waals surface area contributed by atoms with E-state index in [1.165, 1.54) is 0 Å². The molecule has 0 aliphatic rings. The second-order valence-corrected chi connectivity index (χ2v) is 3.37. The van der Waals surface area contributed by atoms with Crippen LogP contribution < -0.4 is 0 Å². The normalized spacial score (nSPS) is 8.42. The molecular weight excluding hydrogens is 170 g/mol. The number of hydrogen-bond acceptors (Lipinski definition) is 3. The molecule has 0 bridgehead atoms. The number of carbonyl (C=O) groups excluding carboxylic acids is 1. The van der Waals surface area contributed by atoms with Crippen molar-refractivity contribution in [1.82, 2.24) is 0 Å². The largest absolute Gasteiger partial charge is 0.281 e. The Morgan fingerprint density at radius 2 is 2.25 bits per heavy atom. The summed E-state index contributed by atoms with van der Waals surface area (Å²) < 4.78 is 0. The molecule has 0 aliphatic carbocycles. The van der Waals surface area contributed by atoms with Crippen LogP contribution in [0, 0.1) is 11.3 Å². The van der Waals surface area contributed by atoms with Gasteiger partial charge in [-0.15, -0.1) is 6.58 Å². The van der Waals surface area contributed by atoms with E-state index in [0.29, 0.717) is 5.75 Å². The molecule has 0 aromatic rings. The van der Waals surface area contributed by atoms with E-state index >= 15 is 0 Å². The van der Waals surface area contributed by atoms with Gasteiger partial charge in [0.25, 0.3) is 0 Å². The minimum absolute atomic E-state index is 0.169. The number of rotatable bonds is 3. The van der Waals surface area contributed by atoms with Gasteiger partial charge >= 0.3 is 0 Å². The molecular formula is C9H11NOS. The van der Waals surface area contributed by atoms with Crippen molar-refractivity contribution in [1.29, 1.82) is 5.26 Å². The Bertz CT molecular complexity index is 256. The van der Waals surface area contributed by atoms with Crippen LogP contribution in [0.3, 0.4) is 0 Å². The summed E-state index contributed by atoms with van der Waals surface area (Å²) in [5.41, 5.74) is 1.01. The van der Waals surface area contributed by atoms with Crippen molar-refractivity contribution < 1.29 is 4.79 Å². The van der Waals surface area contributed by atoms with Gasteiger partial charge in [0, 0.05) is 5.75 Å². The maximum atomic E-state index is 11.2. The Balaban J connectivity index is 4.38. The molecule has 0 aliphatic heterocycles. The van der Waals surface area contributed by atoms with E-state index in [2.05, 4.69) is 6.58 Å². The summed E-state index contributed by atoms with van der Waals surface area (Å²) in [6.45, 7) is 7.00. The van der Waals surface area contributed by atoms with E-state index in [-0.39, 0.29) is 10.7 Å². The second kappa shape index (κ2) is 5.62. The fraction of sp³-hybridized carbons (Fsp3) is 0.333. The predicted molar refractivity (Wildman–Crippen MR) is 51.6 cm³/mol. The summed E-state index contributed by atoms with van der Waals surface area (Å²) in [4.78, 5) is 11.2. The van der Waals surface area contributed by atoms with Gasteiger partial charge in [-0.1, -0.05) is 23.4 Å². The molecule has 0 amide bonds. The Kier molecular flexibility index (Phi) is 5.14. The average Bonchev–Trinajstić information content (AvgIpc) is 2.01. The smallest absolute Gasteiger partial charge is 0.230 e. The van der Waals surface area contributed by atoms with Crippen molar-refractivity contribution in [3.63, 3.8) is 0 Å².